The number of guanidine groups is 1. The molecule has 1 fully saturated rings. The molecular weight excluding hydrogens is 455 g/mol. The van der Waals surface area contributed by atoms with Gasteiger partial charge < -0.3 is 19.6 Å². The highest BCUT2D eigenvalue weighted by molar-refractivity contribution is 14.0. The van der Waals surface area contributed by atoms with Crippen molar-refractivity contribution in [3.05, 3.63) is 41.0 Å². The molecule has 8 heteroatoms. The number of hydrogen-bond donors (Lipinski definition) is 1. The fraction of sp³-hybridized carbons (Fsp3) is 0.526. The second-order valence-electron chi connectivity index (χ2n) is 6.59. The van der Waals surface area contributed by atoms with Gasteiger partial charge in [0.15, 0.2) is 11.8 Å². The zero-order valence-electron chi connectivity index (χ0n) is 16.5. The van der Waals surface area contributed by atoms with E-state index in [1.165, 1.54) is 16.8 Å². The van der Waals surface area contributed by atoms with E-state index in [9.17, 15) is 0 Å². The Morgan fingerprint density at radius 1 is 1.19 bits per heavy atom. The van der Waals surface area contributed by atoms with Gasteiger partial charge in [0.05, 0.1) is 0 Å². The molecular formula is C19H29IN6O. The molecule has 2 aromatic rings. The second-order valence-corrected chi connectivity index (χ2v) is 6.59. The molecule has 1 N–H and O–H groups in total. The molecule has 0 amide bonds. The van der Waals surface area contributed by atoms with Gasteiger partial charge in [0.25, 0.3) is 0 Å². The van der Waals surface area contributed by atoms with Gasteiger partial charge in [0.2, 0.25) is 5.89 Å². The third kappa shape index (κ3) is 5.33. The SMILES string of the molecule is CCNC(=NCc1noc(C)n1)N1CCN(c2cccc(C)c2C)CC1.I. The molecule has 0 unspecified atom stereocenters. The molecule has 3 rings (SSSR count). The molecule has 2 heterocycles. The molecule has 0 saturated carbocycles. The maximum absolute atomic E-state index is 5.02. The summed E-state index contributed by atoms with van der Waals surface area (Å²) in [6.07, 6.45) is 0. The highest BCUT2D eigenvalue weighted by Crippen LogP contribution is 2.23. The third-order valence-corrected chi connectivity index (χ3v) is 4.77. The number of aromatic nitrogens is 2. The molecule has 1 aliphatic rings. The van der Waals surface area contributed by atoms with Crippen molar-refractivity contribution in [2.24, 2.45) is 4.99 Å². The monoisotopic (exact) mass is 484 g/mol. The van der Waals surface area contributed by atoms with Crippen molar-refractivity contribution in [2.75, 3.05) is 37.6 Å². The Morgan fingerprint density at radius 2 is 1.93 bits per heavy atom. The van der Waals surface area contributed by atoms with E-state index in [1.807, 2.05) is 0 Å². The van der Waals surface area contributed by atoms with Gasteiger partial charge in [0.1, 0.15) is 6.54 Å². The Bertz CT molecular complexity index is 767. The van der Waals surface area contributed by atoms with Gasteiger partial charge in [-0.05, 0) is 38.0 Å². The molecule has 0 bridgehead atoms. The summed E-state index contributed by atoms with van der Waals surface area (Å²) in [7, 11) is 0. The van der Waals surface area contributed by atoms with Crippen LogP contribution in [0.2, 0.25) is 0 Å². The first-order valence-electron chi connectivity index (χ1n) is 9.22. The van der Waals surface area contributed by atoms with E-state index < -0.39 is 0 Å². The number of hydrogen-bond acceptors (Lipinski definition) is 5. The minimum absolute atomic E-state index is 0. The van der Waals surface area contributed by atoms with Crippen LogP contribution in [0.25, 0.3) is 0 Å². The van der Waals surface area contributed by atoms with Crippen LogP contribution in [0.5, 0.6) is 0 Å². The number of aryl methyl sites for hydroxylation is 2. The first-order chi connectivity index (χ1) is 12.6. The maximum Gasteiger partial charge on any atom is 0.223 e. The van der Waals surface area contributed by atoms with E-state index in [2.05, 4.69) is 69.2 Å². The molecule has 0 atom stereocenters. The lowest BCUT2D eigenvalue weighted by Gasteiger charge is -2.38. The first kappa shape index (κ1) is 21.5. The lowest BCUT2D eigenvalue weighted by Crippen LogP contribution is -2.52. The normalized spacial score (nSPS) is 14.9. The third-order valence-electron chi connectivity index (χ3n) is 4.77. The molecule has 7 nitrogen and oxygen atoms in total. The van der Waals surface area contributed by atoms with Crippen LogP contribution in [0.15, 0.2) is 27.7 Å². The summed E-state index contributed by atoms with van der Waals surface area (Å²) in [5.74, 6) is 2.10. The summed E-state index contributed by atoms with van der Waals surface area (Å²) in [6.45, 7) is 13.3. The smallest absolute Gasteiger partial charge is 0.223 e. The van der Waals surface area contributed by atoms with Crippen LogP contribution in [-0.4, -0.2) is 53.7 Å². The van der Waals surface area contributed by atoms with Crippen LogP contribution in [0.4, 0.5) is 5.69 Å². The van der Waals surface area contributed by atoms with E-state index in [0.29, 0.717) is 18.3 Å². The van der Waals surface area contributed by atoms with Gasteiger partial charge in [-0.15, -0.1) is 24.0 Å². The van der Waals surface area contributed by atoms with Crippen molar-refractivity contribution in [3.8, 4) is 0 Å². The highest BCUT2D eigenvalue weighted by Gasteiger charge is 2.21. The number of benzene rings is 1. The lowest BCUT2D eigenvalue weighted by molar-refractivity contribution is 0.371. The molecule has 27 heavy (non-hydrogen) atoms. The number of rotatable bonds is 4. The minimum Gasteiger partial charge on any atom is -0.368 e. The average Bonchev–Trinajstić information content (AvgIpc) is 3.06. The molecule has 1 aromatic carbocycles. The summed E-state index contributed by atoms with van der Waals surface area (Å²) >= 11 is 0. The fourth-order valence-electron chi connectivity index (χ4n) is 3.21. The van der Waals surface area contributed by atoms with E-state index in [4.69, 9.17) is 4.52 Å². The number of nitrogens with one attached hydrogen (secondary N) is 1. The van der Waals surface area contributed by atoms with Gasteiger partial charge in [-0.3, -0.25) is 0 Å². The van der Waals surface area contributed by atoms with Crippen LogP contribution in [0.1, 0.15) is 29.8 Å². The molecule has 0 radical (unpaired) electrons. The minimum atomic E-state index is 0. The Morgan fingerprint density at radius 3 is 2.56 bits per heavy atom. The molecule has 1 aromatic heterocycles. The standard InChI is InChI=1S/C19H28N6O.HI/c1-5-20-19(21-13-18-22-16(4)26-23-18)25-11-9-24(10-12-25)17-8-6-7-14(2)15(17)3;/h6-8H,5,9-13H2,1-4H3,(H,20,21);1H. The summed E-state index contributed by atoms with van der Waals surface area (Å²) in [5, 5.41) is 7.29. The summed E-state index contributed by atoms with van der Waals surface area (Å²) in [5.41, 5.74) is 4.05. The fourth-order valence-corrected chi connectivity index (χ4v) is 3.21. The van der Waals surface area contributed by atoms with Crippen molar-refractivity contribution in [1.29, 1.82) is 0 Å². The summed E-state index contributed by atoms with van der Waals surface area (Å²) in [4.78, 5) is 13.7. The molecule has 1 aliphatic heterocycles. The summed E-state index contributed by atoms with van der Waals surface area (Å²) in [6, 6.07) is 6.53. The first-order valence-corrected chi connectivity index (χ1v) is 9.22. The summed E-state index contributed by atoms with van der Waals surface area (Å²) < 4.78 is 5.02. The second kappa shape index (κ2) is 9.91. The predicted octanol–water partition coefficient (Wildman–Crippen LogP) is 2.90. The number of halogens is 1. The number of aliphatic imine (C=N–C) groups is 1. The number of anilines is 1. The van der Waals surface area contributed by atoms with Gasteiger partial charge >= 0.3 is 0 Å². The maximum atomic E-state index is 5.02. The molecule has 0 spiro atoms. The zero-order chi connectivity index (χ0) is 18.5. The van der Waals surface area contributed by atoms with E-state index in [1.54, 1.807) is 6.92 Å². The Kier molecular flexibility index (Phi) is 7.88. The van der Waals surface area contributed by atoms with Gasteiger partial charge in [-0.2, -0.15) is 4.98 Å². The topological polar surface area (TPSA) is 69.8 Å². The van der Waals surface area contributed by atoms with Crippen molar-refractivity contribution < 1.29 is 4.52 Å². The van der Waals surface area contributed by atoms with Crippen molar-refractivity contribution >= 4 is 35.6 Å². The number of nitrogens with zero attached hydrogens (tertiary/aromatic N) is 5. The molecule has 1 saturated heterocycles. The van der Waals surface area contributed by atoms with E-state index >= 15 is 0 Å². The van der Waals surface area contributed by atoms with Crippen LogP contribution < -0.4 is 10.2 Å². The van der Waals surface area contributed by atoms with Gasteiger partial charge in [0, 0.05) is 45.3 Å². The average molecular weight is 484 g/mol. The van der Waals surface area contributed by atoms with Crippen LogP contribution in [0, 0.1) is 20.8 Å². The van der Waals surface area contributed by atoms with Gasteiger partial charge in [-0.1, -0.05) is 17.3 Å². The largest absolute Gasteiger partial charge is 0.368 e. The van der Waals surface area contributed by atoms with Crippen LogP contribution in [0.3, 0.4) is 0 Å². The lowest BCUT2D eigenvalue weighted by atomic mass is 10.1. The zero-order valence-corrected chi connectivity index (χ0v) is 18.9. The Labute approximate surface area is 178 Å². The molecule has 0 aliphatic carbocycles. The van der Waals surface area contributed by atoms with Crippen LogP contribution >= 0.6 is 24.0 Å². The van der Waals surface area contributed by atoms with Crippen molar-refractivity contribution in [3.63, 3.8) is 0 Å². The highest BCUT2D eigenvalue weighted by atomic mass is 127. The predicted molar refractivity (Wildman–Crippen MR) is 119 cm³/mol. The van der Waals surface area contributed by atoms with E-state index in [0.717, 1.165) is 38.7 Å². The van der Waals surface area contributed by atoms with Crippen molar-refractivity contribution in [1.82, 2.24) is 20.4 Å². The number of piperazine rings is 1. The Balaban J connectivity index is 0.00000261. The Hall–Kier alpha value is -1.84. The molecule has 148 valence electrons. The van der Waals surface area contributed by atoms with E-state index in [-0.39, 0.29) is 24.0 Å². The van der Waals surface area contributed by atoms with Gasteiger partial charge in [-0.25, -0.2) is 4.99 Å². The van der Waals surface area contributed by atoms with Crippen LogP contribution in [-0.2, 0) is 6.54 Å². The van der Waals surface area contributed by atoms with Crippen molar-refractivity contribution in [2.45, 2.75) is 34.2 Å². The quantitative estimate of drug-likeness (QED) is 0.409.